The molecule has 3 atom stereocenters. The van der Waals surface area contributed by atoms with Crippen molar-refractivity contribution in [3.8, 4) is 5.75 Å². The van der Waals surface area contributed by atoms with Crippen molar-refractivity contribution in [1.82, 2.24) is 29.7 Å². The number of nitrogens with one attached hydrogen (secondary N) is 2. The molecule has 3 aromatic rings. The number of hydrogen-bond donors (Lipinski definition) is 4. The Bertz CT molecular complexity index is 1230. The third-order valence-corrected chi connectivity index (χ3v) is 7.66. The Balaban J connectivity index is 1.77. The zero-order valence-electron chi connectivity index (χ0n) is 20.4. The minimum Gasteiger partial charge on any atom is -0.496 e. The fraction of sp³-hybridized carbons (Fsp3) is 0.455. The monoisotopic (exact) mass is 505 g/mol. The van der Waals surface area contributed by atoms with Gasteiger partial charge in [0.2, 0.25) is 7.44 Å². The van der Waals surface area contributed by atoms with Gasteiger partial charge in [-0.05, 0) is 33.8 Å². The molecule has 13 heteroatoms. The summed E-state index contributed by atoms with van der Waals surface area (Å²) in [6, 6.07) is 6.91. The first kappa shape index (κ1) is 26.6. The van der Waals surface area contributed by atoms with E-state index >= 15 is 0 Å². The van der Waals surface area contributed by atoms with Gasteiger partial charge in [-0.1, -0.05) is 18.2 Å². The maximum atomic E-state index is 14.0. The minimum atomic E-state index is -3.58. The smallest absolute Gasteiger partial charge is 0.323 e. The van der Waals surface area contributed by atoms with E-state index in [4.69, 9.17) is 15.2 Å². The highest BCUT2D eigenvalue weighted by Gasteiger charge is 2.37. The van der Waals surface area contributed by atoms with E-state index in [0.29, 0.717) is 23.5 Å². The van der Waals surface area contributed by atoms with Gasteiger partial charge in [0.05, 0.1) is 26.1 Å². The van der Waals surface area contributed by atoms with Crippen LogP contribution in [0.25, 0.3) is 11.2 Å². The van der Waals surface area contributed by atoms with Gasteiger partial charge in [-0.25, -0.2) is 25.1 Å². The highest BCUT2D eigenvalue weighted by molar-refractivity contribution is 7.59. The number of nitrogen functional groups attached to an aromatic ring is 1. The number of hydrogen-bond acceptors (Lipinski definition) is 8. The van der Waals surface area contributed by atoms with Crippen molar-refractivity contribution in [2.45, 2.75) is 51.9 Å². The van der Waals surface area contributed by atoms with E-state index in [9.17, 15) is 14.5 Å². The van der Waals surface area contributed by atoms with Crippen molar-refractivity contribution >= 4 is 30.4 Å². The van der Waals surface area contributed by atoms with Crippen LogP contribution >= 0.6 is 7.44 Å². The average Bonchev–Trinajstić information content (AvgIpc) is 3.21. The number of nitrogens with zero attached hydrogens (tertiary/aromatic N) is 4. The largest absolute Gasteiger partial charge is 0.496 e. The number of ether oxygens (including phenoxy) is 2. The summed E-state index contributed by atoms with van der Waals surface area (Å²) in [6.07, 6.45) is 2.28. The molecule has 190 valence electrons. The Morgan fingerprint density at radius 1 is 1.26 bits per heavy atom. The van der Waals surface area contributed by atoms with Crippen LogP contribution in [0.4, 0.5) is 5.82 Å². The van der Waals surface area contributed by atoms with Crippen LogP contribution in [0, 0.1) is 0 Å². The van der Waals surface area contributed by atoms with Crippen molar-refractivity contribution in [2.75, 3.05) is 19.2 Å². The summed E-state index contributed by atoms with van der Waals surface area (Å²) in [5.74, 6) is -0.236. The standard InChI is InChI=1S/C22H32N7O5P/c1-14(10-29-12-26-18-19(23)24-11-25-20(18)29)34-13-35(32,28-22(3,4)21(30)31)27-15(2)16-8-6-7-9-17(16)33-5/h6-9,11-12,14-15H,10,13H2,1-5H3,(H,30,31)(H2,23,24,25)(H2,27,28,32). The molecule has 0 fully saturated rings. The minimum absolute atomic E-state index is 0.256. The quantitative estimate of drug-likeness (QED) is 0.267. The van der Waals surface area contributed by atoms with Gasteiger partial charge < -0.3 is 24.9 Å². The highest BCUT2D eigenvalue weighted by Crippen LogP contribution is 2.43. The Labute approximate surface area is 203 Å². The summed E-state index contributed by atoms with van der Waals surface area (Å²) < 4.78 is 27.1. The van der Waals surface area contributed by atoms with Gasteiger partial charge in [0.1, 0.15) is 29.5 Å². The van der Waals surface area contributed by atoms with Crippen LogP contribution < -0.4 is 20.6 Å². The molecular formula is C22H32N7O5P. The van der Waals surface area contributed by atoms with Crippen LogP contribution in [0.3, 0.4) is 0 Å². The molecule has 35 heavy (non-hydrogen) atoms. The van der Waals surface area contributed by atoms with Crippen LogP contribution in [0.2, 0.25) is 0 Å². The Morgan fingerprint density at radius 3 is 2.66 bits per heavy atom. The molecule has 0 aliphatic carbocycles. The van der Waals surface area contributed by atoms with E-state index in [1.54, 1.807) is 24.1 Å². The number of benzene rings is 1. The molecule has 0 amide bonds. The molecule has 0 bridgehead atoms. The van der Waals surface area contributed by atoms with E-state index in [1.165, 1.54) is 20.2 Å². The van der Waals surface area contributed by atoms with Crippen LogP contribution in [-0.2, 0) is 20.6 Å². The molecule has 0 aliphatic heterocycles. The molecule has 2 aromatic heterocycles. The summed E-state index contributed by atoms with van der Waals surface area (Å²) in [7, 11) is -2.02. The number of methoxy groups -OCH3 is 1. The highest BCUT2D eigenvalue weighted by atomic mass is 31.2. The van der Waals surface area contributed by atoms with E-state index < -0.39 is 31.1 Å². The number of rotatable bonds is 12. The van der Waals surface area contributed by atoms with Gasteiger partial charge in [0.25, 0.3) is 0 Å². The first-order valence-corrected chi connectivity index (χ1v) is 12.9. The SMILES string of the molecule is COc1ccccc1C(C)NP(=O)(COC(C)Cn1cnc2c(N)ncnc21)NC(C)(C)C(=O)O. The van der Waals surface area contributed by atoms with Crippen LogP contribution in [0.1, 0.15) is 39.3 Å². The second-order valence-corrected chi connectivity index (χ2v) is 11.0. The number of aliphatic carboxylic acids is 1. The van der Waals surface area contributed by atoms with Gasteiger partial charge in [0, 0.05) is 11.6 Å². The van der Waals surface area contributed by atoms with E-state index in [-0.39, 0.29) is 12.2 Å². The van der Waals surface area contributed by atoms with E-state index in [1.807, 2.05) is 32.0 Å². The summed E-state index contributed by atoms with van der Waals surface area (Å²) >= 11 is 0. The molecule has 2 heterocycles. The second-order valence-electron chi connectivity index (χ2n) is 8.81. The summed E-state index contributed by atoms with van der Waals surface area (Å²) in [5.41, 5.74) is 6.20. The fourth-order valence-corrected chi connectivity index (χ4v) is 6.03. The summed E-state index contributed by atoms with van der Waals surface area (Å²) in [4.78, 5) is 24.1. The predicted octanol–water partition coefficient (Wildman–Crippen LogP) is 2.78. The lowest BCUT2D eigenvalue weighted by Gasteiger charge is -2.32. The number of aromatic nitrogens is 4. The lowest BCUT2D eigenvalue weighted by Crippen LogP contribution is -2.47. The van der Waals surface area contributed by atoms with Gasteiger partial charge >= 0.3 is 5.97 Å². The maximum absolute atomic E-state index is 14.0. The zero-order chi connectivity index (χ0) is 25.8. The van der Waals surface area contributed by atoms with E-state index in [0.717, 1.165) is 5.56 Å². The molecule has 0 spiro atoms. The molecule has 0 saturated carbocycles. The fourth-order valence-electron chi connectivity index (χ4n) is 3.60. The summed E-state index contributed by atoms with van der Waals surface area (Å²) in [5, 5.41) is 15.5. The molecule has 12 nitrogen and oxygen atoms in total. The van der Waals surface area contributed by atoms with Gasteiger partial charge in [-0.3, -0.25) is 9.36 Å². The van der Waals surface area contributed by atoms with Gasteiger partial charge in [-0.2, -0.15) is 0 Å². The van der Waals surface area contributed by atoms with Crippen molar-refractivity contribution < 1.29 is 23.9 Å². The topological polar surface area (TPSA) is 167 Å². The molecule has 0 radical (unpaired) electrons. The molecule has 3 unspecified atom stereocenters. The zero-order valence-corrected chi connectivity index (χ0v) is 21.3. The van der Waals surface area contributed by atoms with Gasteiger partial charge in [0.15, 0.2) is 11.5 Å². The number of para-hydroxylation sites is 1. The molecule has 5 N–H and O–H groups in total. The third-order valence-electron chi connectivity index (χ3n) is 5.43. The number of imidazole rings is 1. The lowest BCUT2D eigenvalue weighted by molar-refractivity contribution is -0.142. The van der Waals surface area contributed by atoms with Crippen LogP contribution in [0.15, 0.2) is 36.9 Å². The van der Waals surface area contributed by atoms with Crippen molar-refractivity contribution in [2.24, 2.45) is 0 Å². The Kier molecular flexibility index (Phi) is 8.11. The maximum Gasteiger partial charge on any atom is 0.323 e. The van der Waals surface area contributed by atoms with Crippen molar-refractivity contribution in [1.29, 1.82) is 0 Å². The Hall–Kier alpha value is -3.05. The van der Waals surface area contributed by atoms with Crippen LogP contribution in [0.5, 0.6) is 5.75 Å². The molecular weight excluding hydrogens is 473 g/mol. The molecule has 3 rings (SSSR count). The van der Waals surface area contributed by atoms with Gasteiger partial charge in [-0.15, -0.1) is 0 Å². The number of fused-ring (bicyclic) bond motifs is 1. The van der Waals surface area contributed by atoms with Crippen LogP contribution in [-0.4, -0.2) is 55.7 Å². The Morgan fingerprint density at radius 2 is 1.97 bits per heavy atom. The lowest BCUT2D eigenvalue weighted by atomic mass is 10.1. The molecule has 1 aromatic carbocycles. The summed E-state index contributed by atoms with van der Waals surface area (Å²) in [6.45, 7) is 6.89. The number of nitrogens with two attached hydrogens (primary N) is 1. The second kappa shape index (κ2) is 10.7. The first-order valence-electron chi connectivity index (χ1n) is 11.0. The number of carbonyl (C=O) groups is 1. The number of anilines is 1. The average molecular weight is 506 g/mol. The molecule has 0 saturated heterocycles. The predicted molar refractivity (Wildman–Crippen MR) is 132 cm³/mol. The van der Waals surface area contributed by atoms with E-state index in [2.05, 4.69) is 25.1 Å². The van der Waals surface area contributed by atoms with Crippen molar-refractivity contribution in [3.05, 3.63) is 42.5 Å². The number of carboxylic acid groups (broad SMARTS) is 1. The van der Waals surface area contributed by atoms with Crippen molar-refractivity contribution in [3.63, 3.8) is 0 Å². The third kappa shape index (κ3) is 6.34. The number of carboxylic acids is 1. The first-order chi connectivity index (χ1) is 16.5. The molecule has 0 aliphatic rings. The normalized spacial score (nSPS) is 15.5.